The number of rotatable bonds is 5. The lowest BCUT2D eigenvalue weighted by Gasteiger charge is -2.12. The Morgan fingerprint density at radius 1 is 1.50 bits per heavy atom. The minimum absolute atomic E-state index is 0.325. The van der Waals surface area contributed by atoms with E-state index in [-0.39, 0.29) is 0 Å². The van der Waals surface area contributed by atoms with E-state index in [4.69, 9.17) is 0 Å². The summed E-state index contributed by atoms with van der Waals surface area (Å²) in [5.74, 6) is 0.325. The van der Waals surface area contributed by atoms with E-state index in [1.54, 1.807) is 0 Å². The lowest BCUT2D eigenvalue weighted by atomic mass is 10.1. The third-order valence-corrected chi connectivity index (χ3v) is 3.21. The first-order valence-corrected chi connectivity index (χ1v) is 6.26. The van der Waals surface area contributed by atoms with E-state index in [1.165, 1.54) is 10.9 Å². The molecular weight excluding hydrogens is 285 g/mol. The maximum absolute atomic E-state index is 12.3. The van der Waals surface area contributed by atoms with Gasteiger partial charge in [-0.05, 0) is 18.4 Å². The largest absolute Gasteiger partial charge is 0.435 e. The summed E-state index contributed by atoms with van der Waals surface area (Å²) >= 11 is 3.36. The summed E-state index contributed by atoms with van der Waals surface area (Å²) in [4.78, 5) is 0. The van der Waals surface area contributed by atoms with Crippen LogP contribution >= 0.6 is 15.9 Å². The number of aromatic nitrogens is 2. The molecule has 0 bridgehead atoms. The van der Waals surface area contributed by atoms with Crippen molar-refractivity contribution in [3.8, 4) is 0 Å². The lowest BCUT2D eigenvalue weighted by Crippen LogP contribution is -2.14. The highest BCUT2D eigenvalue weighted by atomic mass is 79.9. The quantitative estimate of drug-likeness (QED) is 0.758. The molecule has 0 radical (unpaired) electrons. The molecule has 1 rings (SSSR count). The molecule has 0 N–H and O–H groups in total. The van der Waals surface area contributed by atoms with Crippen molar-refractivity contribution in [2.75, 3.05) is 5.33 Å². The molecule has 0 aliphatic heterocycles. The fourth-order valence-corrected chi connectivity index (χ4v) is 2.03. The Labute approximate surface area is 101 Å². The summed E-state index contributed by atoms with van der Waals surface area (Å²) in [7, 11) is 0. The maximum atomic E-state index is 12.3. The van der Waals surface area contributed by atoms with Gasteiger partial charge < -0.3 is 0 Å². The fourth-order valence-electron chi connectivity index (χ4n) is 1.50. The molecule has 6 heteroatoms. The van der Waals surface area contributed by atoms with Crippen LogP contribution in [0.15, 0.2) is 12.3 Å². The number of halogens is 4. The predicted molar refractivity (Wildman–Crippen MR) is 59.4 cm³/mol. The molecule has 0 aromatic carbocycles. The Morgan fingerprint density at radius 3 is 2.62 bits per heavy atom. The van der Waals surface area contributed by atoms with E-state index in [1.807, 2.05) is 0 Å². The van der Waals surface area contributed by atoms with Gasteiger partial charge in [0.15, 0.2) is 5.69 Å². The van der Waals surface area contributed by atoms with Crippen LogP contribution in [-0.4, -0.2) is 15.1 Å². The maximum Gasteiger partial charge on any atom is 0.435 e. The van der Waals surface area contributed by atoms with Crippen LogP contribution < -0.4 is 0 Å². The molecule has 1 heterocycles. The zero-order chi connectivity index (χ0) is 12.2. The van der Waals surface area contributed by atoms with Gasteiger partial charge in [0.05, 0.1) is 0 Å². The zero-order valence-corrected chi connectivity index (χ0v) is 10.6. The van der Waals surface area contributed by atoms with E-state index in [0.717, 1.165) is 24.2 Å². The highest BCUT2D eigenvalue weighted by Gasteiger charge is 2.33. The van der Waals surface area contributed by atoms with Crippen molar-refractivity contribution in [1.82, 2.24) is 9.78 Å². The average molecular weight is 299 g/mol. The molecule has 1 unspecified atom stereocenters. The second-order valence-electron chi connectivity index (χ2n) is 3.73. The van der Waals surface area contributed by atoms with Crippen molar-refractivity contribution in [2.24, 2.45) is 5.92 Å². The molecule has 0 fully saturated rings. The lowest BCUT2D eigenvalue weighted by molar-refractivity contribution is -0.141. The Kier molecular flexibility index (Phi) is 4.83. The van der Waals surface area contributed by atoms with Crippen LogP contribution in [-0.2, 0) is 12.7 Å². The summed E-state index contributed by atoms with van der Waals surface area (Å²) < 4.78 is 38.2. The summed E-state index contributed by atoms with van der Waals surface area (Å²) in [5, 5.41) is 4.30. The van der Waals surface area contributed by atoms with Crippen LogP contribution in [0.4, 0.5) is 13.2 Å². The summed E-state index contributed by atoms with van der Waals surface area (Å²) in [6.45, 7) is 2.58. The smallest absolute Gasteiger partial charge is 0.272 e. The molecule has 2 nitrogen and oxygen atoms in total. The van der Waals surface area contributed by atoms with Crippen molar-refractivity contribution < 1.29 is 13.2 Å². The van der Waals surface area contributed by atoms with Crippen LogP contribution in [0.25, 0.3) is 0 Å². The van der Waals surface area contributed by atoms with Crippen LogP contribution in [0.1, 0.15) is 25.5 Å². The molecule has 1 aromatic heterocycles. The van der Waals surface area contributed by atoms with Crippen LogP contribution in [0, 0.1) is 5.92 Å². The first-order valence-electron chi connectivity index (χ1n) is 5.14. The third kappa shape index (κ3) is 3.81. The average Bonchev–Trinajstić information content (AvgIpc) is 2.65. The van der Waals surface area contributed by atoms with Gasteiger partial charge in [-0.25, -0.2) is 0 Å². The molecule has 0 aliphatic carbocycles. The van der Waals surface area contributed by atoms with Crippen molar-refractivity contribution in [3.63, 3.8) is 0 Å². The molecule has 0 saturated carbocycles. The van der Waals surface area contributed by atoms with Crippen molar-refractivity contribution in [2.45, 2.75) is 32.5 Å². The molecule has 1 aromatic rings. The molecule has 92 valence electrons. The van der Waals surface area contributed by atoms with Gasteiger partial charge in [-0.3, -0.25) is 4.68 Å². The Balaban J connectivity index is 2.64. The van der Waals surface area contributed by atoms with Crippen molar-refractivity contribution >= 4 is 15.9 Å². The highest BCUT2D eigenvalue weighted by molar-refractivity contribution is 9.09. The monoisotopic (exact) mass is 298 g/mol. The van der Waals surface area contributed by atoms with Crippen molar-refractivity contribution in [3.05, 3.63) is 18.0 Å². The first kappa shape index (κ1) is 13.5. The normalized spacial score (nSPS) is 14.1. The van der Waals surface area contributed by atoms with Gasteiger partial charge >= 0.3 is 6.18 Å². The summed E-state index contributed by atoms with van der Waals surface area (Å²) in [5.41, 5.74) is -0.822. The first-order chi connectivity index (χ1) is 7.47. The predicted octanol–water partition coefficient (Wildman–Crippen LogP) is 3.71. The standard InChI is InChI=1S/C10H14BrF3N2/c1-2-3-8(6-11)7-16-5-4-9(15-16)10(12,13)14/h4-5,8H,2-3,6-7H2,1H3. The molecular formula is C10H14BrF3N2. The SMILES string of the molecule is CCCC(CBr)Cn1ccc(C(F)(F)F)n1. The Bertz CT molecular complexity index is 322. The third-order valence-electron chi connectivity index (χ3n) is 2.29. The number of alkyl halides is 4. The van der Waals surface area contributed by atoms with Crippen molar-refractivity contribution in [1.29, 1.82) is 0 Å². The Hall–Kier alpha value is -0.520. The number of hydrogen-bond donors (Lipinski definition) is 0. The van der Waals surface area contributed by atoms with Gasteiger partial charge in [-0.1, -0.05) is 29.3 Å². The molecule has 0 saturated heterocycles. The van der Waals surface area contributed by atoms with Crippen LogP contribution in [0.3, 0.4) is 0 Å². The highest BCUT2D eigenvalue weighted by Crippen LogP contribution is 2.27. The van der Waals surface area contributed by atoms with Crippen LogP contribution in [0.5, 0.6) is 0 Å². The minimum atomic E-state index is -4.35. The van der Waals surface area contributed by atoms with E-state index in [2.05, 4.69) is 28.0 Å². The molecule has 0 amide bonds. The topological polar surface area (TPSA) is 17.8 Å². The van der Waals surface area contributed by atoms with Gasteiger partial charge in [0.1, 0.15) is 0 Å². The number of nitrogens with zero attached hydrogens (tertiary/aromatic N) is 2. The number of hydrogen-bond acceptors (Lipinski definition) is 1. The van der Waals surface area contributed by atoms with E-state index in [9.17, 15) is 13.2 Å². The van der Waals surface area contributed by atoms with Gasteiger partial charge in [0.2, 0.25) is 0 Å². The molecule has 1 atom stereocenters. The minimum Gasteiger partial charge on any atom is -0.272 e. The van der Waals surface area contributed by atoms with E-state index in [0.29, 0.717) is 12.5 Å². The summed E-state index contributed by atoms with van der Waals surface area (Å²) in [6, 6.07) is 1.01. The molecule has 0 aliphatic rings. The van der Waals surface area contributed by atoms with Gasteiger partial charge in [0, 0.05) is 18.1 Å². The molecule has 16 heavy (non-hydrogen) atoms. The molecule has 0 spiro atoms. The van der Waals surface area contributed by atoms with E-state index >= 15 is 0 Å². The fraction of sp³-hybridized carbons (Fsp3) is 0.700. The van der Waals surface area contributed by atoms with E-state index < -0.39 is 11.9 Å². The Morgan fingerprint density at radius 2 is 2.19 bits per heavy atom. The second kappa shape index (κ2) is 5.70. The van der Waals surface area contributed by atoms with Crippen LogP contribution in [0.2, 0.25) is 0 Å². The van der Waals surface area contributed by atoms with Gasteiger partial charge in [-0.15, -0.1) is 0 Å². The zero-order valence-electron chi connectivity index (χ0n) is 8.97. The second-order valence-corrected chi connectivity index (χ2v) is 4.38. The van der Waals surface area contributed by atoms with Gasteiger partial charge in [-0.2, -0.15) is 18.3 Å². The summed E-state index contributed by atoms with van der Waals surface area (Å²) in [6.07, 6.45) is -0.968. The van der Waals surface area contributed by atoms with Gasteiger partial charge in [0.25, 0.3) is 0 Å².